The molecule has 1 fully saturated rings. The van der Waals surface area contributed by atoms with Crippen molar-refractivity contribution in [2.75, 3.05) is 13.1 Å². The van der Waals surface area contributed by atoms with Gasteiger partial charge < -0.3 is 20.1 Å². The lowest BCUT2D eigenvalue weighted by molar-refractivity contribution is 0.354. The van der Waals surface area contributed by atoms with Crippen LogP contribution in [0.5, 0.6) is 11.5 Å². The fraction of sp³-hybridized carbons (Fsp3) is 0.375. The lowest BCUT2D eigenvalue weighted by Gasteiger charge is -2.20. The smallest absolute Gasteiger partial charge is 0.369 e. The van der Waals surface area contributed by atoms with Crippen molar-refractivity contribution in [1.29, 1.82) is 0 Å². The van der Waals surface area contributed by atoms with Crippen molar-refractivity contribution < 1.29 is 14.7 Å². The number of nitrogens with zero attached hydrogens (tertiary/aromatic N) is 2. The zero-order valence-electron chi connectivity index (χ0n) is 13.9. The molecule has 1 saturated heterocycles. The number of benzene rings is 1. The average Bonchev–Trinajstić information content (AvgIpc) is 3.04. The van der Waals surface area contributed by atoms with Crippen LogP contribution in [0.4, 0.5) is 0 Å². The van der Waals surface area contributed by atoms with Crippen molar-refractivity contribution in [2.24, 2.45) is 5.92 Å². The van der Waals surface area contributed by atoms with Crippen molar-refractivity contribution in [3.05, 3.63) is 35.5 Å². The quantitative estimate of drug-likeness (QED) is 0.387. The maximum atomic E-state index is 9.44. The summed E-state index contributed by atoms with van der Waals surface area (Å²) >= 11 is 9.31. The number of halogens is 3. The number of piperidine rings is 1. The third kappa shape index (κ3) is 7.81. The van der Waals surface area contributed by atoms with Gasteiger partial charge in [-0.1, -0.05) is 11.2 Å². The summed E-state index contributed by atoms with van der Waals surface area (Å²) in [5, 5.41) is 26.1. The van der Waals surface area contributed by atoms with Crippen LogP contribution >= 0.6 is 47.3 Å². The van der Waals surface area contributed by atoms with Gasteiger partial charge in [-0.3, -0.25) is 0 Å². The zero-order valence-corrected chi connectivity index (χ0v) is 18.7. The molecule has 0 spiro atoms. The number of hydrogen-bond donors (Lipinski definition) is 3. The number of aromatic hydroxyl groups is 2. The summed E-state index contributed by atoms with van der Waals surface area (Å²) in [6.07, 6.45) is 6.59. The van der Waals surface area contributed by atoms with E-state index in [0.717, 1.165) is 43.7 Å². The maximum Gasteiger partial charge on any atom is 0.369 e. The molecular weight excluding hydrogens is 533 g/mol. The topological polar surface area (TPSA) is 91.4 Å². The maximum absolute atomic E-state index is 9.44. The van der Waals surface area contributed by atoms with Gasteiger partial charge in [0, 0.05) is 12.5 Å². The van der Waals surface area contributed by atoms with Gasteiger partial charge in [0.25, 0.3) is 5.89 Å². The van der Waals surface area contributed by atoms with Crippen molar-refractivity contribution in [1.82, 2.24) is 15.5 Å². The largest absolute Gasteiger partial charge is 0.504 e. The molecule has 0 amide bonds. The molecule has 1 aliphatic heterocycles. The minimum absolute atomic E-state index is 0.140. The average molecular weight is 552 g/mol. The molecule has 0 aliphatic carbocycles. The molecule has 1 aliphatic rings. The van der Waals surface area contributed by atoms with Crippen molar-refractivity contribution in [3.63, 3.8) is 0 Å². The molecular formula is C16H19BBr3N3O3. The van der Waals surface area contributed by atoms with E-state index >= 15 is 0 Å². The Morgan fingerprint density at radius 1 is 1.15 bits per heavy atom. The van der Waals surface area contributed by atoms with Crippen molar-refractivity contribution >= 4 is 62.6 Å². The Labute approximate surface area is 177 Å². The molecule has 3 rings (SSSR count). The molecule has 2 aromatic rings. The van der Waals surface area contributed by atoms with E-state index in [1.54, 1.807) is 18.2 Å². The van der Waals surface area contributed by atoms with E-state index in [-0.39, 0.29) is 14.7 Å². The van der Waals surface area contributed by atoms with Crippen LogP contribution in [-0.4, -0.2) is 36.6 Å². The summed E-state index contributed by atoms with van der Waals surface area (Å²) in [6.45, 7) is 2.11. The summed E-state index contributed by atoms with van der Waals surface area (Å²) < 4.78 is 5.48. The van der Waals surface area contributed by atoms with Crippen LogP contribution < -0.4 is 5.32 Å². The first kappa shape index (κ1) is 21.5. The van der Waals surface area contributed by atoms with Gasteiger partial charge in [-0.2, -0.15) is 4.98 Å². The van der Waals surface area contributed by atoms with Crippen LogP contribution in [0.15, 0.2) is 22.7 Å². The lowest BCUT2D eigenvalue weighted by Crippen LogP contribution is -2.28. The second-order valence-electron chi connectivity index (χ2n) is 5.78. The van der Waals surface area contributed by atoms with Gasteiger partial charge in [0.2, 0.25) is 0 Å². The Kier molecular flexibility index (Phi) is 9.17. The number of hydrogen-bond acceptors (Lipinski definition) is 6. The van der Waals surface area contributed by atoms with E-state index in [2.05, 4.69) is 62.7 Å². The van der Waals surface area contributed by atoms with Crippen LogP contribution in [0.2, 0.25) is 0 Å². The van der Waals surface area contributed by atoms with E-state index in [1.165, 1.54) is 12.1 Å². The summed E-state index contributed by atoms with van der Waals surface area (Å²) in [4.78, 5) is 4.36. The Balaban J connectivity index is 0.000000552. The molecule has 10 heteroatoms. The fourth-order valence-corrected chi connectivity index (χ4v) is 2.57. The number of phenols is 2. The van der Waals surface area contributed by atoms with Crippen LogP contribution in [0, 0.1) is 5.92 Å². The molecule has 0 atom stereocenters. The van der Waals surface area contributed by atoms with E-state index in [4.69, 9.17) is 4.52 Å². The summed E-state index contributed by atoms with van der Waals surface area (Å²) in [7, 11) is 0. The minimum Gasteiger partial charge on any atom is -0.504 e. The van der Waals surface area contributed by atoms with Gasteiger partial charge in [0.1, 0.15) is 0 Å². The molecule has 6 nitrogen and oxygen atoms in total. The monoisotopic (exact) mass is 549 g/mol. The van der Waals surface area contributed by atoms with Crippen molar-refractivity contribution in [3.8, 4) is 11.5 Å². The Morgan fingerprint density at radius 3 is 2.50 bits per heavy atom. The number of nitrogens with one attached hydrogen (secondary N) is 1. The van der Waals surface area contributed by atoms with Gasteiger partial charge in [-0.05, 0) is 55.6 Å². The minimum atomic E-state index is -0.153. The summed E-state index contributed by atoms with van der Waals surface area (Å²) in [6, 6.07) is 4.60. The van der Waals surface area contributed by atoms with Crippen LogP contribution in [-0.2, 0) is 6.42 Å². The molecule has 0 radical (unpaired) electrons. The van der Waals surface area contributed by atoms with Crippen LogP contribution in [0.25, 0.3) is 12.2 Å². The van der Waals surface area contributed by atoms with E-state index in [0.29, 0.717) is 11.8 Å². The Bertz CT molecular complexity index is 719. The first-order chi connectivity index (χ1) is 12.4. The van der Waals surface area contributed by atoms with E-state index in [1.807, 2.05) is 0 Å². The second-order valence-corrected chi connectivity index (χ2v) is 12.2. The third-order valence-electron chi connectivity index (χ3n) is 3.83. The van der Waals surface area contributed by atoms with Crippen LogP contribution in [0.3, 0.4) is 0 Å². The molecule has 0 bridgehead atoms. The summed E-state index contributed by atoms with van der Waals surface area (Å²) in [5.74, 6) is 1.50. The SMILES string of the molecule is BrB(Br)Br.Oc1ccc(C=Cc2nc(CC3CCNCC3)no2)cc1O. The van der Waals surface area contributed by atoms with Gasteiger partial charge in [-0.15, -0.1) is 47.3 Å². The highest BCUT2D eigenvalue weighted by atomic mass is 79.9. The number of rotatable bonds is 4. The highest BCUT2D eigenvalue weighted by Gasteiger charge is 2.16. The molecule has 0 unspecified atom stereocenters. The summed E-state index contributed by atoms with van der Waals surface area (Å²) in [5.41, 5.74) is 0.744. The number of aromatic nitrogens is 2. The number of phenolic OH excluding ortho intramolecular Hbond substituents is 2. The molecule has 2 heterocycles. The van der Waals surface area contributed by atoms with Crippen LogP contribution in [0.1, 0.15) is 30.1 Å². The van der Waals surface area contributed by atoms with E-state index < -0.39 is 0 Å². The van der Waals surface area contributed by atoms with Gasteiger partial charge in [-0.25, -0.2) is 0 Å². The first-order valence-corrected chi connectivity index (χ1v) is 10.8. The fourth-order valence-electron chi connectivity index (χ4n) is 2.57. The molecule has 1 aromatic heterocycles. The predicted octanol–water partition coefficient (Wildman–Crippen LogP) is 4.35. The van der Waals surface area contributed by atoms with Gasteiger partial charge in [0.05, 0.1) is 0 Å². The molecule has 3 N–H and O–H groups in total. The molecule has 26 heavy (non-hydrogen) atoms. The highest BCUT2D eigenvalue weighted by molar-refractivity contribution is 9.69. The predicted molar refractivity (Wildman–Crippen MR) is 115 cm³/mol. The highest BCUT2D eigenvalue weighted by Crippen LogP contribution is 2.25. The standard InChI is InChI=1S/C16H19N3O3.BBr3/c20-13-3-1-11(9-14(13)21)2-4-16-18-15(19-22-16)10-12-5-7-17-8-6-12;2-1(3)4/h1-4,9,12,17,20-21H,5-8,10H2;. The molecule has 0 saturated carbocycles. The third-order valence-corrected chi connectivity index (χ3v) is 3.83. The lowest BCUT2D eigenvalue weighted by atomic mass is 9.94. The van der Waals surface area contributed by atoms with Crippen molar-refractivity contribution in [2.45, 2.75) is 19.3 Å². The molecule has 140 valence electrons. The Hall–Kier alpha value is -0.835. The second kappa shape index (κ2) is 11.1. The van der Waals surface area contributed by atoms with Gasteiger partial charge in [0.15, 0.2) is 17.3 Å². The first-order valence-electron chi connectivity index (χ1n) is 8.09. The molecule has 1 aromatic carbocycles. The van der Waals surface area contributed by atoms with Gasteiger partial charge >= 0.3 is 3.18 Å². The normalized spacial score (nSPS) is 14.9. The zero-order chi connectivity index (χ0) is 18.9. The van der Waals surface area contributed by atoms with E-state index in [9.17, 15) is 10.2 Å². The Morgan fingerprint density at radius 2 is 1.85 bits per heavy atom.